The third kappa shape index (κ3) is 2.43. The summed E-state index contributed by atoms with van der Waals surface area (Å²) in [6.07, 6.45) is 0. The summed E-state index contributed by atoms with van der Waals surface area (Å²) in [5.74, 6) is 0. The van der Waals surface area contributed by atoms with Crippen molar-refractivity contribution in [1.82, 2.24) is 9.55 Å². The SMILES string of the molecule is CC(C)(C)c1ccc2[nH]c3ccc(-n4c5ccccc5c5ccccc54)cc3c2c1. The number of H-pyrrole nitrogens is 1. The number of aromatic nitrogens is 2. The minimum Gasteiger partial charge on any atom is -0.355 e. The second-order valence-corrected chi connectivity index (χ2v) is 9.23. The molecule has 6 aromatic rings. The number of aromatic amines is 1. The van der Waals surface area contributed by atoms with Crippen LogP contribution in [0.3, 0.4) is 0 Å². The molecule has 0 spiro atoms. The maximum atomic E-state index is 3.59. The molecular formula is C28H24N2. The van der Waals surface area contributed by atoms with E-state index in [2.05, 4.69) is 115 Å². The zero-order valence-electron chi connectivity index (χ0n) is 17.5. The van der Waals surface area contributed by atoms with Crippen molar-refractivity contribution >= 4 is 43.6 Å². The molecule has 2 heterocycles. The summed E-state index contributed by atoms with van der Waals surface area (Å²) in [6.45, 7) is 6.81. The van der Waals surface area contributed by atoms with Gasteiger partial charge in [-0.15, -0.1) is 0 Å². The molecule has 2 heteroatoms. The fourth-order valence-electron chi connectivity index (χ4n) is 4.69. The van der Waals surface area contributed by atoms with Crippen LogP contribution in [0, 0.1) is 0 Å². The Bertz CT molecular complexity index is 1520. The first kappa shape index (κ1) is 17.3. The number of nitrogens with one attached hydrogen (secondary N) is 1. The van der Waals surface area contributed by atoms with Gasteiger partial charge in [0.1, 0.15) is 0 Å². The Morgan fingerprint density at radius 2 is 1.17 bits per heavy atom. The van der Waals surface area contributed by atoms with Gasteiger partial charge in [-0.2, -0.15) is 0 Å². The Hall–Kier alpha value is -3.52. The second kappa shape index (κ2) is 5.99. The fourth-order valence-corrected chi connectivity index (χ4v) is 4.69. The second-order valence-electron chi connectivity index (χ2n) is 9.23. The van der Waals surface area contributed by atoms with Crippen LogP contribution in [0.25, 0.3) is 49.3 Å². The van der Waals surface area contributed by atoms with Gasteiger partial charge in [-0.1, -0.05) is 63.2 Å². The number of rotatable bonds is 1. The summed E-state index contributed by atoms with van der Waals surface area (Å²) in [4.78, 5) is 3.59. The van der Waals surface area contributed by atoms with E-state index in [1.807, 2.05) is 0 Å². The van der Waals surface area contributed by atoms with Gasteiger partial charge in [-0.05, 0) is 53.4 Å². The van der Waals surface area contributed by atoms with Gasteiger partial charge in [0.15, 0.2) is 0 Å². The van der Waals surface area contributed by atoms with E-state index in [0.29, 0.717) is 0 Å². The molecule has 0 atom stereocenters. The molecule has 0 aliphatic carbocycles. The highest BCUT2D eigenvalue weighted by Crippen LogP contribution is 2.35. The molecule has 146 valence electrons. The van der Waals surface area contributed by atoms with Crippen molar-refractivity contribution in [3.8, 4) is 5.69 Å². The van der Waals surface area contributed by atoms with Crippen LogP contribution >= 0.6 is 0 Å². The van der Waals surface area contributed by atoms with Crippen molar-refractivity contribution in [3.63, 3.8) is 0 Å². The highest BCUT2D eigenvalue weighted by molar-refractivity contribution is 6.11. The molecular weight excluding hydrogens is 364 g/mol. The molecule has 2 nitrogen and oxygen atoms in total. The van der Waals surface area contributed by atoms with Crippen molar-refractivity contribution in [2.24, 2.45) is 0 Å². The molecule has 0 unspecified atom stereocenters. The first-order valence-corrected chi connectivity index (χ1v) is 10.6. The summed E-state index contributed by atoms with van der Waals surface area (Å²) in [7, 11) is 0. The van der Waals surface area contributed by atoms with Crippen molar-refractivity contribution in [1.29, 1.82) is 0 Å². The normalized spacial score (nSPS) is 12.5. The van der Waals surface area contributed by atoms with Gasteiger partial charge in [0.2, 0.25) is 0 Å². The highest BCUT2D eigenvalue weighted by atomic mass is 15.0. The van der Waals surface area contributed by atoms with Gasteiger partial charge in [0, 0.05) is 38.3 Å². The molecule has 6 rings (SSSR count). The Morgan fingerprint density at radius 1 is 0.600 bits per heavy atom. The quantitative estimate of drug-likeness (QED) is 0.298. The van der Waals surface area contributed by atoms with E-state index in [-0.39, 0.29) is 5.41 Å². The molecule has 0 saturated heterocycles. The van der Waals surface area contributed by atoms with E-state index in [4.69, 9.17) is 0 Å². The Labute approximate surface area is 175 Å². The van der Waals surface area contributed by atoms with Crippen LogP contribution < -0.4 is 0 Å². The van der Waals surface area contributed by atoms with Crippen LogP contribution in [0.5, 0.6) is 0 Å². The van der Waals surface area contributed by atoms with Gasteiger partial charge in [-0.25, -0.2) is 0 Å². The Balaban J connectivity index is 1.68. The van der Waals surface area contributed by atoms with Crippen LogP contribution in [-0.2, 0) is 5.41 Å². The summed E-state index contributed by atoms with van der Waals surface area (Å²) in [6, 6.07) is 30.9. The molecule has 0 aliphatic rings. The number of benzene rings is 4. The molecule has 4 aromatic carbocycles. The van der Waals surface area contributed by atoms with Gasteiger partial charge in [-0.3, -0.25) is 0 Å². The monoisotopic (exact) mass is 388 g/mol. The van der Waals surface area contributed by atoms with Crippen LogP contribution in [0.15, 0.2) is 84.9 Å². The number of para-hydroxylation sites is 2. The molecule has 1 N–H and O–H groups in total. The predicted octanol–water partition coefficient (Wildman–Crippen LogP) is 7.72. The first-order valence-electron chi connectivity index (χ1n) is 10.6. The van der Waals surface area contributed by atoms with Crippen LogP contribution in [0.4, 0.5) is 0 Å². The third-order valence-corrected chi connectivity index (χ3v) is 6.29. The van der Waals surface area contributed by atoms with Crippen molar-refractivity contribution in [2.45, 2.75) is 26.2 Å². The lowest BCUT2D eigenvalue weighted by Crippen LogP contribution is -2.10. The van der Waals surface area contributed by atoms with Gasteiger partial charge >= 0.3 is 0 Å². The average Bonchev–Trinajstić information content (AvgIpc) is 3.28. The van der Waals surface area contributed by atoms with Crippen LogP contribution in [-0.4, -0.2) is 9.55 Å². The van der Waals surface area contributed by atoms with E-state index in [9.17, 15) is 0 Å². The number of hydrogen-bond acceptors (Lipinski definition) is 0. The van der Waals surface area contributed by atoms with Gasteiger partial charge < -0.3 is 9.55 Å². The molecule has 2 aromatic heterocycles. The maximum Gasteiger partial charge on any atom is 0.0541 e. The van der Waals surface area contributed by atoms with Crippen LogP contribution in [0.2, 0.25) is 0 Å². The summed E-state index contributed by atoms with van der Waals surface area (Å²) < 4.78 is 2.39. The van der Waals surface area contributed by atoms with E-state index < -0.39 is 0 Å². The third-order valence-electron chi connectivity index (χ3n) is 6.29. The molecule has 0 fully saturated rings. The van der Waals surface area contributed by atoms with Gasteiger partial charge in [0.05, 0.1) is 11.0 Å². The largest absolute Gasteiger partial charge is 0.355 e. The fraction of sp³-hybridized carbons (Fsp3) is 0.143. The maximum absolute atomic E-state index is 3.59. The summed E-state index contributed by atoms with van der Waals surface area (Å²) in [5, 5.41) is 5.15. The van der Waals surface area contributed by atoms with E-state index in [1.54, 1.807) is 0 Å². The zero-order chi connectivity index (χ0) is 20.5. The summed E-state index contributed by atoms with van der Waals surface area (Å²) >= 11 is 0. The van der Waals surface area contributed by atoms with Crippen molar-refractivity contribution in [2.75, 3.05) is 0 Å². The standard InChI is InChI=1S/C28H24N2/c1-28(2,3)18-12-14-24-22(16-18)23-17-19(13-15-25(23)29-24)30-26-10-6-4-8-20(26)21-9-5-7-11-27(21)30/h4-17,29H,1-3H3. The van der Waals surface area contributed by atoms with Gasteiger partial charge in [0.25, 0.3) is 0 Å². The number of fused-ring (bicyclic) bond motifs is 6. The lowest BCUT2D eigenvalue weighted by atomic mass is 9.86. The number of nitrogens with zero attached hydrogens (tertiary/aromatic N) is 1. The Kier molecular flexibility index (Phi) is 3.47. The lowest BCUT2D eigenvalue weighted by Gasteiger charge is -2.18. The minimum atomic E-state index is 0.127. The van der Waals surface area contributed by atoms with E-state index >= 15 is 0 Å². The highest BCUT2D eigenvalue weighted by Gasteiger charge is 2.16. The zero-order valence-corrected chi connectivity index (χ0v) is 17.5. The average molecular weight is 389 g/mol. The van der Waals surface area contributed by atoms with E-state index in [1.165, 1.54) is 54.9 Å². The molecule has 0 saturated carbocycles. The lowest BCUT2D eigenvalue weighted by molar-refractivity contribution is 0.591. The molecule has 0 aliphatic heterocycles. The molecule has 0 radical (unpaired) electrons. The molecule has 0 bridgehead atoms. The topological polar surface area (TPSA) is 20.7 Å². The van der Waals surface area contributed by atoms with Crippen molar-refractivity contribution < 1.29 is 0 Å². The first-order chi connectivity index (χ1) is 14.5. The van der Waals surface area contributed by atoms with E-state index in [0.717, 1.165) is 0 Å². The minimum absolute atomic E-state index is 0.127. The molecule has 0 amide bonds. The predicted molar refractivity (Wildman–Crippen MR) is 129 cm³/mol. The van der Waals surface area contributed by atoms with Crippen molar-refractivity contribution in [3.05, 3.63) is 90.5 Å². The smallest absolute Gasteiger partial charge is 0.0541 e. The van der Waals surface area contributed by atoms with Crippen LogP contribution in [0.1, 0.15) is 26.3 Å². The summed E-state index contributed by atoms with van der Waals surface area (Å²) in [5.41, 5.74) is 7.54. The number of hydrogen-bond donors (Lipinski definition) is 1. The molecule has 30 heavy (non-hydrogen) atoms. The Morgan fingerprint density at radius 3 is 1.80 bits per heavy atom.